The number of aromatic nitrogens is 1. The van der Waals surface area contributed by atoms with Crippen molar-refractivity contribution < 1.29 is 23.6 Å². The van der Waals surface area contributed by atoms with Gasteiger partial charge in [-0.2, -0.15) is 0 Å². The van der Waals surface area contributed by atoms with Crippen LogP contribution in [0.3, 0.4) is 0 Å². The number of aryl methyl sites for hydroxylation is 1. The molecule has 1 aromatic heterocycles. The van der Waals surface area contributed by atoms with Gasteiger partial charge in [0.05, 0.1) is 13.0 Å². The fraction of sp³-hybridized carbons (Fsp3) is 0.207. The number of anilines is 1. The summed E-state index contributed by atoms with van der Waals surface area (Å²) >= 11 is 6.91. The Kier molecular flexibility index (Phi) is 9.01. The molecule has 38 heavy (non-hydrogen) atoms. The molecule has 3 aromatic carbocycles. The standard InChI is InChI=1S/C29H26Br2N2O5/c1-4-36-26(34)13-19-5-7-20(8-6-19)21-9-11-22(12-10-21)28-27(17(2)33-38-28)32-29(35)37-18(3)23-14-24(30)16-25(31)15-23/h5-12,14-16,18H,4,13H2,1-3H3,(H,32,35)/t18-/m1/s1. The van der Waals surface area contributed by atoms with Gasteiger partial charge in [0.25, 0.3) is 0 Å². The third-order valence-electron chi connectivity index (χ3n) is 5.82. The van der Waals surface area contributed by atoms with E-state index >= 15 is 0 Å². The van der Waals surface area contributed by atoms with Crippen molar-refractivity contribution in [3.8, 4) is 22.5 Å². The molecular formula is C29H26Br2N2O5. The van der Waals surface area contributed by atoms with E-state index in [1.807, 2.05) is 66.7 Å². The molecule has 0 fully saturated rings. The van der Waals surface area contributed by atoms with Crippen LogP contribution in [-0.2, 0) is 20.7 Å². The van der Waals surface area contributed by atoms with Gasteiger partial charge in [-0.1, -0.05) is 85.5 Å². The first-order valence-electron chi connectivity index (χ1n) is 12.0. The van der Waals surface area contributed by atoms with Crippen molar-refractivity contribution in [2.75, 3.05) is 11.9 Å². The van der Waals surface area contributed by atoms with Crippen LogP contribution in [0.25, 0.3) is 22.5 Å². The Hall–Kier alpha value is -3.43. The number of carbonyl (C=O) groups is 2. The normalized spacial score (nSPS) is 11.6. The molecule has 7 nitrogen and oxygen atoms in total. The fourth-order valence-corrected chi connectivity index (χ4v) is 5.22. The van der Waals surface area contributed by atoms with Crippen molar-refractivity contribution in [3.63, 3.8) is 0 Å². The van der Waals surface area contributed by atoms with Gasteiger partial charge in [0.15, 0.2) is 5.76 Å². The molecule has 4 aromatic rings. The van der Waals surface area contributed by atoms with Crippen LogP contribution in [0.4, 0.5) is 10.5 Å². The Morgan fingerprint density at radius 2 is 1.53 bits per heavy atom. The molecule has 0 aliphatic carbocycles. The highest BCUT2D eigenvalue weighted by Gasteiger charge is 2.20. The van der Waals surface area contributed by atoms with E-state index in [0.29, 0.717) is 23.7 Å². The van der Waals surface area contributed by atoms with Gasteiger partial charge < -0.3 is 14.0 Å². The largest absolute Gasteiger partial charge is 0.466 e. The van der Waals surface area contributed by atoms with Crippen LogP contribution in [0.1, 0.15) is 36.8 Å². The third-order valence-corrected chi connectivity index (χ3v) is 6.73. The minimum Gasteiger partial charge on any atom is -0.466 e. The van der Waals surface area contributed by atoms with Gasteiger partial charge in [0.1, 0.15) is 17.5 Å². The maximum absolute atomic E-state index is 12.7. The molecule has 1 N–H and O–H groups in total. The average molecular weight is 642 g/mol. The number of amides is 1. The van der Waals surface area contributed by atoms with Crippen molar-refractivity contribution in [2.24, 2.45) is 0 Å². The Balaban J connectivity index is 1.45. The highest BCUT2D eigenvalue weighted by atomic mass is 79.9. The van der Waals surface area contributed by atoms with Crippen LogP contribution < -0.4 is 5.32 Å². The van der Waals surface area contributed by atoms with Crippen LogP contribution in [0, 0.1) is 6.92 Å². The molecule has 0 aliphatic heterocycles. The Labute approximate surface area is 237 Å². The molecule has 0 radical (unpaired) electrons. The summed E-state index contributed by atoms with van der Waals surface area (Å²) in [4.78, 5) is 24.4. The first-order chi connectivity index (χ1) is 18.2. The molecule has 0 unspecified atom stereocenters. The molecule has 0 spiro atoms. The monoisotopic (exact) mass is 640 g/mol. The van der Waals surface area contributed by atoms with Crippen molar-refractivity contribution >= 4 is 49.6 Å². The third kappa shape index (κ3) is 6.90. The molecule has 0 bridgehead atoms. The predicted octanol–water partition coefficient (Wildman–Crippen LogP) is 8.26. The molecule has 1 atom stereocenters. The number of nitrogens with one attached hydrogen (secondary N) is 1. The van der Waals surface area contributed by atoms with E-state index in [9.17, 15) is 9.59 Å². The van der Waals surface area contributed by atoms with Crippen LogP contribution in [0.15, 0.2) is 80.2 Å². The topological polar surface area (TPSA) is 90.7 Å². The average Bonchev–Trinajstić information content (AvgIpc) is 3.23. The number of carbonyl (C=O) groups excluding carboxylic acids is 2. The minimum absolute atomic E-state index is 0.240. The van der Waals surface area contributed by atoms with Crippen LogP contribution in [0.2, 0.25) is 0 Å². The number of halogens is 2. The highest BCUT2D eigenvalue weighted by molar-refractivity contribution is 9.11. The van der Waals surface area contributed by atoms with Gasteiger partial charge in [0, 0.05) is 14.5 Å². The number of ether oxygens (including phenoxy) is 2. The van der Waals surface area contributed by atoms with E-state index in [1.54, 1.807) is 20.8 Å². The lowest BCUT2D eigenvalue weighted by atomic mass is 10.0. The minimum atomic E-state index is -0.610. The van der Waals surface area contributed by atoms with Crippen molar-refractivity contribution in [2.45, 2.75) is 33.3 Å². The van der Waals surface area contributed by atoms with E-state index in [0.717, 1.165) is 36.8 Å². The molecule has 0 saturated heterocycles. The second kappa shape index (κ2) is 12.4. The first-order valence-corrected chi connectivity index (χ1v) is 13.6. The van der Waals surface area contributed by atoms with E-state index < -0.39 is 12.2 Å². The lowest BCUT2D eigenvalue weighted by Crippen LogP contribution is -2.16. The Morgan fingerprint density at radius 3 is 2.13 bits per heavy atom. The maximum atomic E-state index is 12.7. The fourth-order valence-electron chi connectivity index (χ4n) is 3.89. The quantitative estimate of drug-likeness (QED) is 0.195. The summed E-state index contributed by atoms with van der Waals surface area (Å²) in [6.07, 6.45) is -0.842. The predicted molar refractivity (Wildman–Crippen MR) is 153 cm³/mol. The van der Waals surface area contributed by atoms with Crippen LogP contribution >= 0.6 is 31.9 Å². The molecule has 196 valence electrons. The molecular weight excluding hydrogens is 616 g/mol. The van der Waals surface area contributed by atoms with Gasteiger partial charge in [-0.3, -0.25) is 10.1 Å². The van der Waals surface area contributed by atoms with E-state index in [4.69, 9.17) is 14.0 Å². The zero-order valence-electron chi connectivity index (χ0n) is 21.1. The second-order valence-corrected chi connectivity index (χ2v) is 10.4. The van der Waals surface area contributed by atoms with Gasteiger partial charge in [-0.15, -0.1) is 0 Å². The van der Waals surface area contributed by atoms with Gasteiger partial charge in [-0.05, 0) is 61.2 Å². The first kappa shape index (κ1) is 27.6. The summed E-state index contributed by atoms with van der Waals surface area (Å²) in [7, 11) is 0. The smallest absolute Gasteiger partial charge is 0.412 e. The zero-order valence-corrected chi connectivity index (χ0v) is 24.3. The Morgan fingerprint density at radius 1 is 0.947 bits per heavy atom. The number of hydrogen-bond donors (Lipinski definition) is 1. The lowest BCUT2D eigenvalue weighted by Gasteiger charge is -2.15. The number of rotatable bonds is 8. The molecule has 1 amide bonds. The summed E-state index contributed by atoms with van der Waals surface area (Å²) in [5.41, 5.74) is 5.49. The Bertz CT molecular complexity index is 1410. The highest BCUT2D eigenvalue weighted by Crippen LogP contribution is 2.33. The molecule has 9 heteroatoms. The summed E-state index contributed by atoms with van der Waals surface area (Å²) in [6.45, 7) is 5.72. The lowest BCUT2D eigenvalue weighted by molar-refractivity contribution is -0.142. The van der Waals surface area contributed by atoms with Gasteiger partial charge >= 0.3 is 12.1 Å². The molecule has 4 rings (SSSR count). The summed E-state index contributed by atoms with van der Waals surface area (Å²) in [5.74, 6) is 0.199. The van der Waals surface area contributed by atoms with Gasteiger partial charge in [-0.25, -0.2) is 4.79 Å². The molecule has 0 saturated carbocycles. The van der Waals surface area contributed by atoms with Crippen molar-refractivity contribution in [1.82, 2.24) is 5.16 Å². The summed E-state index contributed by atoms with van der Waals surface area (Å²) < 4.78 is 17.9. The van der Waals surface area contributed by atoms with Crippen LogP contribution in [0.5, 0.6) is 0 Å². The van der Waals surface area contributed by atoms with Gasteiger partial charge in [0.2, 0.25) is 0 Å². The van der Waals surface area contributed by atoms with Crippen LogP contribution in [-0.4, -0.2) is 23.8 Å². The maximum Gasteiger partial charge on any atom is 0.412 e. The van der Waals surface area contributed by atoms with E-state index in [-0.39, 0.29) is 12.4 Å². The van der Waals surface area contributed by atoms with Crippen molar-refractivity contribution in [3.05, 3.63) is 92.5 Å². The number of esters is 1. The number of nitrogens with zero attached hydrogens (tertiary/aromatic N) is 1. The molecule has 0 aliphatic rings. The summed E-state index contributed by atoms with van der Waals surface area (Å²) in [5, 5.41) is 6.82. The van der Waals surface area contributed by atoms with Crippen molar-refractivity contribution in [1.29, 1.82) is 0 Å². The number of hydrogen-bond acceptors (Lipinski definition) is 6. The SMILES string of the molecule is CCOC(=O)Cc1ccc(-c2ccc(-c3onc(C)c3NC(=O)O[C@H](C)c3cc(Br)cc(Br)c3)cc2)cc1. The summed E-state index contributed by atoms with van der Waals surface area (Å²) in [6, 6.07) is 21.2. The second-order valence-electron chi connectivity index (χ2n) is 8.60. The van der Waals surface area contributed by atoms with E-state index in [1.165, 1.54) is 0 Å². The zero-order chi connectivity index (χ0) is 27.2. The van der Waals surface area contributed by atoms with E-state index in [2.05, 4.69) is 42.3 Å². The number of benzene rings is 3. The molecule has 1 heterocycles.